The second-order valence-corrected chi connectivity index (χ2v) is 10.9. The van der Waals surface area contributed by atoms with Crippen LogP contribution in [0, 0.1) is 0 Å². The van der Waals surface area contributed by atoms with Gasteiger partial charge in [-0.15, -0.1) is 0 Å². The molecule has 0 aliphatic rings. The lowest BCUT2D eigenvalue weighted by Crippen LogP contribution is -2.19. The Bertz CT molecular complexity index is 1280. The van der Waals surface area contributed by atoms with Crippen LogP contribution in [0.1, 0.15) is 94.3 Å². The van der Waals surface area contributed by atoms with Crippen molar-refractivity contribution in [2.24, 2.45) is 0 Å². The summed E-state index contributed by atoms with van der Waals surface area (Å²) < 4.78 is 6.51. The second-order valence-electron chi connectivity index (χ2n) is 10.1. The number of rotatable bonds is 17. The van der Waals surface area contributed by atoms with E-state index in [9.17, 15) is 14.4 Å². The molecule has 3 N–H and O–H groups in total. The molecule has 0 bridgehead atoms. The summed E-state index contributed by atoms with van der Waals surface area (Å²) in [6.07, 6.45) is 14.8. The fraction of sp³-hybridized carbons (Fsp3) is 0.452. The van der Waals surface area contributed by atoms with Crippen molar-refractivity contribution in [2.75, 3.05) is 17.2 Å². The maximum absolute atomic E-state index is 12.6. The minimum atomic E-state index is -0.534. The highest BCUT2D eigenvalue weighted by molar-refractivity contribution is 6.38. The summed E-state index contributed by atoms with van der Waals surface area (Å²) in [4.78, 5) is 37.4. The summed E-state index contributed by atoms with van der Waals surface area (Å²) in [5.74, 6) is -0.386. The monoisotopic (exact) mass is 602 g/mol. The highest BCUT2D eigenvalue weighted by Crippen LogP contribution is 2.30. The topological polar surface area (TPSA) is 105 Å². The number of nitrogens with zero attached hydrogens (tertiary/aromatic N) is 1. The first-order valence-electron chi connectivity index (χ1n) is 14.5. The Morgan fingerprint density at radius 3 is 1.95 bits per heavy atom. The number of nitrogens with one attached hydrogen (secondary N) is 3. The molecule has 2 aromatic carbocycles. The van der Waals surface area contributed by atoms with Gasteiger partial charge < -0.3 is 10.1 Å². The summed E-state index contributed by atoms with van der Waals surface area (Å²) >= 11 is 12.8. The Labute approximate surface area is 251 Å². The molecule has 2 amide bonds. The highest BCUT2D eigenvalue weighted by Gasteiger charge is 2.18. The maximum Gasteiger partial charge on any atom is 0.338 e. The maximum atomic E-state index is 12.6. The number of hydrogen-bond donors (Lipinski definition) is 3. The van der Waals surface area contributed by atoms with Gasteiger partial charge in [0.1, 0.15) is 11.5 Å². The van der Waals surface area contributed by atoms with Crippen molar-refractivity contribution in [3.05, 3.63) is 74.5 Å². The fourth-order valence-corrected chi connectivity index (χ4v) is 5.18. The number of aromatic nitrogens is 2. The van der Waals surface area contributed by atoms with Gasteiger partial charge in [0.05, 0.1) is 22.2 Å². The molecule has 3 rings (SSSR count). The number of carbonyl (C=O) groups is 2. The number of urea groups is 1. The van der Waals surface area contributed by atoms with Gasteiger partial charge in [-0.2, -0.15) is 0 Å². The molecule has 0 atom stereocenters. The Morgan fingerprint density at radius 2 is 1.37 bits per heavy atom. The van der Waals surface area contributed by atoms with E-state index >= 15 is 0 Å². The quantitative estimate of drug-likeness (QED) is 0.106. The molecule has 222 valence electrons. The molecule has 10 heteroatoms. The third kappa shape index (κ3) is 10.9. The first-order chi connectivity index (χ1) is 19.9. The number of amides is 2. The van der Waals surface area contributed by atoms with Crippen LogP contribution < -0.4 is 16.2 Å². The Morgan fingerprint density at radius 1 is 0.805 bits per heavy atom. The van der Waals surface area contributed by atoms with Crippen molar-refractivity contribution in [3.63, 3.8) is 0 Å². The number of benzene rings is 2. The molecule has 0 saturated carbocycles. The van der Waals surface area contributed by atoms with Crippen molar-refractivity contribution in [1.82, 2.24) is 9.78 Å². The van der Waals surface area contributed by atoms with Crippen LogP contribution >= 0.6 is 23.2 Å². The normalized spacial score (nSPS) is 10.9. The molecule has 1 heterocycles. The molecule has 0 aliphatic carbocycles. The molecular weight excluding hydrogens is 563 g/mol. The first-order valence-corrected chi connectivity index (χ1v) is 15.3. The Kier molecular flexibility index (Phi) is 13.8. The van der Waals surface area contributed by atoms with Gasteiger partial charge in [0.25, 0.3) is 5.56 Å². The zero-order valence-electron chi connectivity index (χ0n) is 23.6. The second kappa shape index (κ2) is 17.6. The number of hydrogen-bond acceptors (Lipinski definition) is 4. The largest absolute Gasteiger partial charge is 0.462 e. The van der Waals surface area contributed by atoms with Gasteiger partial charge in [-0.3, -0.25) is 15.2 Å². The average molecular weight is 604 g/mol. The molecule has 0 fully saturated rings. The van der Waals surface area contributed by atoms with Gasteiger partial charge in [-0.05, 0) is 30.7 Å². The lowest BCUT2D eigenvalue weighted by atomic mass is 10.1. The summed E-state index contributed by atoms with van der Waals surface area (Å²) in [7, 11) is 0. The van der Waals surface area contributed by atoms with Crippen LogP contribution in [0.3, 0.4) is 0 Å². The molecule has 1 aromatic heterocycles. The third-order valence-corrected chi connectivity index (χ3v) is 7.28. The summed E-state index contributed by atoms with van der Waals surface area (Å²) in [5.41, 5.74) is 0.459. The zero-order valence-corrected chi connectivity index (χ0v) is 25.2. The van der Waals surface area contributed by atoms with Crippen molar-refractivity contribution >= 4 is 46.7 Å². The van der Waals surface area contributed by atoms with Crippen LogP contribution in [-0.4, -0.2) is 28.4 Å². The number of esters is 1. The van der Waals surface area contributed by atoms with E-state index in [2.05, 4.69) is 22.7 Å². The average Bonchev–Trinajstić information content (AvgIpc) is 3.30. The lowest BCUT2D eigenvalue weighted by molar-refractivity contribution is 0.0497. The minimum absolute atomic E-state index is 0.0825. The number of halogens is 2. The van der Waals surface area contributed by atoms with Gasteiger partial charge >= 0.3 is 12.0 Å². The molecular formula is C31H40Cl2N4O4. The molecule has 0 radical (unpaired) electrons. The van der Waals surface area contributed by atoms with Crippen molar-refractivity contribution < 1.29 is 14.3 Å². The zero-order chi connectivity index (χ0) is 29.5. The van der Waals surface area contributed by atoms with Crippen molar-refractivity contribution in [2.45, 2.75) is 84.0 Å². The SMILES string of the molecule is CCCCCCCCCCCCCCOC(=O)c1cc(Cl)c(-n2[nH]c(NC(=O)Nc3ccccc3)cc2=O)c(Cl)c1. The smallest absolute Gasteiger partial charge is 0.338 e. The fourth-order valence-electron chi connectivity index (χ4n) is 4.52. The van der Waals surface area contributed by atoms with Crippen LogP contribution in [0.2, 0.25) is 10.0 Å². The van der Waals surface area contributed by atoms with Crippen molar-refractivity contribution in [1.29, 1.82) is 0 Å². The predicted octanol–water partition coefficient (Wildman–Crippen LogP) is 8.97. The van der Waals surface area contributed by atoms with E-state index in [4.69, 9.17) is 27.9 Å². The van der Waals surface area contributed by atoms with Gasteiger partial charge in [0.2, 0.25) is 0 Å². The van der Waals surface area contributed by atoms with E-state index < -0.39 is 17.6 Å². The van der Waals surface area contributed by atoms with E-state index in [0.717, 1.165) is 23.9 Å². The summed E-state index contributed by atoms with van der Waals surface area (Å²) in [5, 5.41) is 8.16. The van der Waals surface area contributed by atoms with Crippen LogP contribution in [0.15, 0.2) is 53.3 Å². The standard InChI is InChI=1S/C31H40Cl2N4O4/c1-2-3-4-5-6-7-8-9-10-11-12-16-19-41-30(39)23-20-25(32)29(26(33)21-23)37-28(38)22-27(36-37)35-31(40)34-24-17-14-13-15-18-24/h13-15,17-18,20-22,36H,2-12,16,19H2,1H3,(H2,34,35,40). The van der Waals surface area contributed by atoms with Gasteiger partial charge in [-0.25, -0.2) is 14.3 Å². The number of unbranched alkanes of at least 4 members (excludes halogenated alkanes) is 11. The van der Waals surface area contributed by atoms with E-state index in [1.165, 1.54) is 76.0 Å². The predicted molar refractivity (Wildman–Crippen MR) is 167 cm³/mol. The molecule has 8 nitrogen and oxygen atoms in total. The highest BCUT2D eigenvalue weighted by atomic mass is 35.5. The third-order valence-electron chi connectivity index (χ3n) is 6.71. The molecule has 0 unspecified atom stereocenters. The number of anilines is 2. The van der Waals surface area contributed by atoms with E-state index in [0.29, 0.717) is 12.3 Å². The molecule has 3 aromatic rings. The van der Waals surface area contributed by atoms with Crippen LogP contribution in [-0.2, 0) is 4.74 Å². The van der Waals surface area contributed by atoms with Gasteiger partial charge in [0.15, 0.2) is 0 Å². The summed E-state index contributed by atoms with van der Waals surface area (Å²) in [6.45, 7) is 2.56. The van der Waals surface area contributed by atoms with Crippen LogP contribution in [0.25, 0.3) is 5.69 Å². The number of ether oxygens (including phenoxy) is 1. The Hall–Kier alpha value is -3.23. The first kappa shape index (κ1) is 32.3. The lowest BCUT2D eigenvalue weighted by Gasteiger charge is -2.11. The van der Waals surface area contributed by atoms with E-state index in [1.54, 1.807) is 24.3 Å². The van der Waals surface area contributed by atoms with E-state index in [-0.39, 0.29) is 27.1 Å². The number of H-pyrrole nitrogens is 1. The number of carbonyl (C=O) groups excluding carboxylic acids is 2. The van der Waals surface area contributed by atoms with Gasteiger partial charge in [0, 0.05) is 11.8 Å². The number of para-hydroxylation sites is 1. The van der Waals surface area contributed by atoms with Crippen LogP contribution in [0.5, 0.6) is 0 Å². The molecule has 41 heavy (non-hydrogen) atoms. The Balaban J connectivity index is 1.43. The summed E-state index contributed by atoms with van der Waals surface area (Å²) in [6, 6.07) is 12.4. The molecule has 0 spiro atoms. The van der Waals surface area contributed by atoms with E-state index in [1.807, 2.05) is 6.07 Å². The van der Waals surface area contributed by atoms with Crippen molar-refractivity contribution in [3.8, 4) is 5.69 Å². The molecule has 0 saturated heterocycles. The molecule has 0 aliphatic heterocycles. The number of aromatic amines is 1. The van der Waals surface area contributed by atoms with Gasteiger partial charge in [-0.1, -0.05) is 119 Å². The minimum Gasteiger partial charge on any atom is -0.462 e. The van der Waals surface area contributed by atoms with Crippen LogP contribution in [0.4, 0.5) is 16.3 Å².